The summed E-state index contributed by atoms with van der Waals surface area (Å²) in [4.78, 5) is 17.8. The van der Waals surface area contributed by atoms with E-state index in [1.54, 1.807) is 0 Å². The first-order valence-electron chi connectivity index (χ1n) is 3.01. The Hall–Kier alpha value is -1.36. The van der Waals surface area contributed by atoms with Crippen LogP contribution in [0, 0.1) is 0 Å². The van der Waals surface area contributed by atoms with Crippen LogP contribution < -0.4 is 10.5 Å². The van der Waals surface area contributed by atoms with Gasteiger partial charge in [0.25, 0.3) is 5.91 Å². The molecule has 0 aliphatic heterocycles. The summed E-state index contributed by atoms with van der Waals surface area (Å²) in [5.41, 5.74) is 4.91. The second-order valence-corrected chi connectivity index (χ2v) is 2.28. The number of amides is 1. The van der Waals surface area contributed by atoms with Crippen molar-refractivity contribution in [3.63, 3.8) is 0 Å². The van der Waals surface area contributed by atoms with E-state index in [4.69, 9.17) is 22.1 Å². The molecule has 0 aromatic carbocycles. The Balaban J connectivity index is 3.10. The topological polar surface area (TPSA) is 78.1 Å². The molecule has 0 fully saturated rings. The number of methoxy groups -OCH3 is 1. The molecule has 0 saturated heterocycles. The van der Waals surface area contributed by atoms with Gasteiger partial charge in [-0.25, -0.2) is 9.97 Å². The zero-order valence-corrected chi connectivity index (χ0v) is 7.00. The average molecular weight is 188 g/mol. The van der Waals surface area contributed by atoms with Gasteiger partial charge < -0.3 is 10.5 Å². The van der Waals surface area contributed by atoms with Crippen molar-refractivity contribution in [3.05, 3.63) is 17.2 Å². The predicted molar refractivity (Wildman–Crippen MR) is 42.1 cm³/mol. The highest BCUT2D eigenvalue weighted by Crippen LogP contribution is 2.19. The van der Waals surface area contributed by atoms with Gasteiger partial charge in [-0.05, 0) is 0 Å². The minimum Gasteiger partial charge on any atom is -0.492 e. The van der Waals surface area contributed by atoms with Crippen LogP contribution in [0.15, 0.2) is 6.20 Å². The van der Waals surface area contributed by atoms with Crippen LogP contribution in [-0.4, -0.2) is 23.0 Å². The molecule has 0 saturated carbocycles. The third kappa shape index (κ3) is 1.62. The fraction of sp³-hybridized carbons (Fsp3) is 0.167. The van der Waals surface area contributed by atoms with E-state index in [-0.39, 0.29) is 11.0 Å². The first-order chi connectivity index (χ1) is 5.65. The number of nitrogens with two attached hydrogens (primary N) is 1. The highest BCUT2D eigenvalue weighted by molar-refractivity contribution is 6.30. The molecule has 1 aromatic rings. The van der Waals surface area contributed by atoms with Gasteiger partial charge >= 0.3 is 0 Å². The molecule has 0 radical (unpaired) electrons. The van der Waals surface area contributed by atoms with Gasteiger partial charge in [0, 0.05) is 0 Å². The number of carbonyl (C=O) groups is 1. The number of nitrogens with zero attached hydrogens (tertiary/aromatic N) is 2. The van der Waals surface area contributed by atoms with Crippen LogP contribution in [0.25, 0.3) is 0 Å². The van der Waals surface area contributed by atoms with Crippen molar-refractivity contribution in [2.24, 2.45) is 5.73 Å². The van der Waals surface area contributed by atoms with Crippen molar-refractivity contribution in [3.8, 4) is 5.75 Å². The molecule has 0 spiro atoms. The molecule has 1 aromatic heterocycles. The van der Waals surface area contributed by atoms with Crippen LogP contribution >= 0.6 is 11.6 Å². The fourth-order valence-electron chi connectivity index (χ4n) is 0.606. The number of carbonyl (C=O) groups excluding carboxylic acids is 1. The zero-order chi connectivity index (χ0) is 9.14. The van der Waals surface area contributed by atoms with Crippen LogP contribution in [0.5, 0.6) is 5.75 Å². The van der Waals surface area contributed by atoms with Gasteiger partial charge in [0.1, 0.15) is 0 Å². The molecule has 0 aliphatic rings. The van der Waals surface area contributed by atoms with E-state index >= 15 is 0 Å². The third-order valence-corrected chi connectivity index (χ3v) is 1.42. The Labute approximate surface area is 73.5 Å². The van der Waals surface area contributed by atoms with Gasteiger partial charge in [-0.15, -0.1) is 0 Å². The Morgan fingerprint density at radius 3 is 2.83 bits per heavy atom. The minimum atomic E-state index is -0.723. The molecule has 64 valence electrons. The molecule has 6 heteroatoms. The van der Waals surface area contributed by atoms with Gasteiger partial charge in [-0.3, -0.25) is 4.79 Å². The van der Waals surface area contributed by atoms with Crippen LogP contribution in [0.3, 0.4) is 0 Å². The lowest BCUT2D eigenvalue weighted by Crippen LogP contribution is -2.15. The number of rotatable bonds is 2. The Kier molecular flexibility index (Phi) is 2.44. The van der Waals surface area contributed by atoms with Gasteiger partial charge in [-0.2, -0.15) is 0 Å². The summed E-state index contributed by atoms with van der Waals surface area (Å²) in [5.74, 6) is -0.540. The highest BCUT2D eigenvalue weighted by atomic mass is 35.5. The Morgan fingerprint density at radius 1 is 1.75 bits per heavy atom. The van der Waals surface area contributed by atoms with Crippen LogP contribution in [0.1, 0.15) is 10.6 Å². The van der Waals surface area contributed by atoms with E-state index < -0.39 is 5.91 Å². The summed E-state index contributed by atoms with van der Waals surface area (Å²) in [6.45, 7) is 0. The van der Waals surface area contributed by atoms with Gasteiger partial charge in [0.2, 0.25) is 5.82 Å². The molecule has 2 N–H and O–H groups in total. The second kappa shape index (κ2) is 3.36. The normalized spacial score (nSPS) is 9.50. The van der Waals surface area contributed by atoms with Gasteiger partial charge in [0.15, 0.2) is 10.9 Å². The van der Waals surface area contributed by atoms with Crippen LogP contribution in [0.4, 0.5) is 0 Å². The smallest absolute Gasteiger partial charge is 0.286 e. The first kappa shape index (κ1) is 8.73. The van der Waals surface area contributed by atoms with Crippen molar-refractivity contribution >= 4 is 17.5 Å². The third-order valence-electron chi connectivity index (χ3n) is 1.15. The molecule has 1 rings (SSSR count). The first-order valence-corrected chi connectivity index (χ1v) is 3.39. The number of ether oxygens (including phenoxy) is 1. The summed E-state index contributed by atoms with van der Waals surface area (Å²) < 4.78 is 4.77. The summed E-state index contributed by atoms with van der Waals surface area (Å²) in [6, 6.07) is 0. The lowest BCUT2D eigenvalue weighted by molar-refractivity contribution is 0.0990. The quantitative estimate of drug-likeness (QED) is 0.673. The molecular formula is C6H6ClN3O2. The predicted octanol–water partition coefficient (Wildman–Crippen LogP) is 0.237. The average Bonchev–Trinajstić information content (AvgIpc) is 2.04. The molecular weight excluding hydrogens is 182 g/mol. The minimum absolute atomic E-state index is 0.0706. The number of hydrogen-bond donors (Lipinski definition) is 1. The lowest BCUT2D eigenvalue weighted by Gasteiger charge is -2.00. The number of hydrogen-bond acceptors (Lipinski definition) is 4. The van der Waals surface area contributed by atoms with E-state index in [0.29, 0.717) is 5.75 Å². The molecule has 0 bridgehead atoms. The van der Waals surface area contributed by atoms with E-state index in [1.165, 1.54) is 13.3 Å². The van der Waals surface area contributed by atoms with Crippen molar-refractivity contribution in [1.29, 1.82) is 0 Å². The number of halogens is 1. The standard InChI is InChI=1S/C6H6ClN3O2/c1-12-3-2-9-6(5(8)11)10-4(3)7/h2H,1H3,(H2,8,11). The molecule has 5 nitrogen and oxygen atoms in total. The maximum absolute atomic E-state index is 10.6. The van der Waals surface area contributed by atoms with Crippen molar-refractivity contribution < 1.29 is 9.53 Å². The van der Waals surface area contributed by atoms with Gasteiger partial charge in [-0.1, -0.05) is 11.6 Å². The molecule has 0 aliphatic carbocycles. The SMILES string of the molecule is COc1cnc(C(N)=O)nc1Cl. The maximum Gasteiger partial charge on any atom is 0.286 e. The largest absolute Gasteiger partial charge is 0.492 e. The summed E-state index contributed by atoms with van der Waals surface area (Å²) >= 11 is 5.59. The summed E-state index contributed by atoms with van der Waals surface area (Å²) in [6.07, 6.45) is 1.29. The highest BCUT2D eigenvalue weighted by Gasteiger charge is 2.08. The van der Waals surface area contributed by atoms with Crippen molar-refractivity contribution in [2.75, 3.05) is 7.11 Å². The van der Waals surface area contributed by atoms with Crippen molar-refractivity contribution in [1.82, 2.24) is 9.97 Å². The number of aromatic nitrogens is 2. The van der Waals surface area contributed by atoms with E-state index in [2.05, 4.69) is 9.97 Å². The molecule has 12 heavy (non-hydrogen) atoms. The monoisotopic (exact) mass is 187 g/mol. The molecule has 0 atom stereocenters. The lowest BCUT2D eigenvalue weighted by atomic mass is 10.5. The molecule has 0 unspecified atom stereocenters. The molecule has 1 amide bonds. The zero-order valence-electron chi connectivity index (χ0n) is 6.24. The fourth-order valence-corrected chi connectivity index (χ4v) is 0.812. The Bertz CT molecular complexity index is 316. The number of primary amides is 1. The Morgan fingerprint density at radius 2 is 2.42 bits per heavy atom. The van der Waals surface area contributed by atoms with Crippen LogP contribution in [0.2, 0.25) is 5.15 Å². The summed E-state index contributed by atoms with van der Waals surface area (Å²) in [7, 11) is 1.43. The molecule has 1 heterocycles. The van der Waals surface area contributed by atoms with E-state index in [1.807, 2.05) is 0 Å². The van der Waals surface area contributed by atoms with E-state index in [0.717, 1.165) is 0 Å². The summed E-state index contributed by atoms with van der Waals surface area (Å²) in [5, 5.41) is 0.0706. The maximum atomic E-state index is 10.6. The van der Waals surface area contributed by atoms with Crippen molar-refractivity contribution in [2.45, 2.75) is 0 Å². The van der Waals surface area contributed by atoms with E-state index in [9.17, 15) is 4.79 Å². The van der Waals surface area contributed by atoms with Crippen LogP contribution in [-0.2, 0) is 0 Å². The second-order valence-electron chi connectivity index (χ2n) is 1.92. The van der Waals surface area contributed by atoms with Gasteiger partial charge in [0.05, 0.1) is 13.3 Å².